The predicted molar refractivity (Wildman–Crippen MR) is 89.9 cm³/mol. The van der Waals surface area contributed by atoms with Crippen molar-refractivity contribution in [1.29, 1.82) is 0 Å². The topological polar surface area (TPSA) is 41.0 Å². The van der Waals surface area contributed by atoms with Crippen molar-refractivity contribution in [2.75, 3.05) is 6.54 Å². The Bertz CT molecular complexity index is 864. The Kier molecular flexibility index (Phi) is 3.11. The minimum atomic E-state index is 0.0445. The second-order valence-corrected chi connectivity index (χ2v) is 6.45. The highest BCUT2D eigenvalue weighted by Gasteiger charge is 2.30. The highest BCUT2D eigenvalue weighted by atomic mass is 79.9. The van der Waals surface area contributed by atoms with Gasteiger partial charge in [-0.05, 0) is 41.1 Å². The minimum Gasteiger partial charge on any atom is -0.350 e. The molecule has 112 valence electrons. The summed E-state index contributed by atoms with van der Waals surface area (Å²) in [6.07, 6.45) is 2.08. The van der Waals surface area contributed by atoms with E-state index in [1.807, 2.05) is 35.2 Å². The Morgan fingerprint density at radius 2 is 2.05 bits per heavy atom. The third-order valence-electron chi connectivity index (χ3n) is 4.46. The number of benzene rings is 1. The SMILES string of the molecule is CC1c2cccn2CCN1C(=O)c1[nH]c2ccccc2c1Br. The van der Waals surface area contributed by atoms with Crippen LogP contribution in [0.15, 0.2) is 47.1 Å². The quantitative estimate of drug-likeness (QED) is 0.703. The van der Waals surface area contributed by atoms with Crippen LogP contribution in [0.5, 0.6) is 0 Å². The number of hydrogen-bond acceptors (Lipinski definition) is 1. The smallest absolute Gasteiger partial charge is 0.272 e. The minimum absolute atomic E-state index is 0.0445. The lowest BCUT2D eigenvalue weighted by atomic mass is 10.1. The maximum absolute atomic E-state index is 13.0. The standard InChI is InChI=1S/C17H16BrN3O/c1-11-14-7-4-8-20(14)9-10-21(11)17(22)16-15(18)12-5-2-3-6-13(12)19-16/h2-8,11,19H,9-10H2,1H3. The van der Waals surface area contributed by atoms with Crippen molar-refractivity contribution >= 4 is 32.7 Å². The van der Waals surface area contributed by atoms with Gasteiger partial charge in [0.05, 0.1) is 10.5 Å². The summed E-state index contributed by atoms with van der Waals surface area (Å²) in [5, 5.41) is 1.04. The molecule has 1 aliphatic rings. The molecule has 1 aliphatic heterocycles. The molecule has 0 fully saturated rings. The zero-order valence-corrected chi connectivity index (χ0v) is 13.8. The third kappa shape index (κ3) is 1.92. The summed E-state index contributed by atoms with van der Waals surface area (Å²) in [6, 6.07) is 12.2. The van der Waals surface area contributed by atoms with Gasteiger partial charge in [-0.1, -0.05) is 18.2 Å². The molecule has 0 aliphatic carbocycles. The Labute approximate surface area is 136 Å². The number of H-pyrrole nitrogens is 1. The molecule has 0 bridgehead atoms. The number of nitrogens with one attached hydrogen (secondary N) is 1. The summed E-state index contributed by atoms with van der Waals surface area (Å²) >= 11 is 3.58. The first-order chi connectivity index (χ1) is 10.7. The maximum atomic E-state index is 13.0. The number of halogens is 1. The third-order valence-corrected chi connectivity index (χ3v) is 5.28. The fourth-order valence-corrected chi connectivity index (χ4v) is 3.87. The highest BCUT2D eigenvalue weighted by Crippen LogP contribution is 2.32. The average Bonchev–Trinajstić information content (AvgIpc) is 3.13. The molecule has 1 unspecified atom stereocenters. The van der Waals surface area contributed by atoms with Gasteiger partial charge in [0, 0.05) is 35.9 Å². The molecule has 1 N–H and O–H groups in total. The Morgan fingerprint density at radius 1 is 1.23 bits per heavy atom. The first-order valence-corrected chi connectivity index (χ1v) is 8.18. The van der Waals surface area contributed by atoms with E-state index in [4.69, 9.17) is 0 Å². The molecule has 0 spiro atoms. The molecule has 2 aromatic heterocycles. The summed E-state index contributed by atoms with van der Waals surface area (Å²) in [5.41, 5.74) is 2.80. The van der Waals surface area contributed by atoms with Crippen LogP contribution in [0.4, 0.5) is 0 Å². The van der Waals surface area contributed by atoms with E-state index in [0.717, 1.165) is 28.5 Å². The van der Waals surface area contributed by atoms with Crippen molar-refractivity contribution in [3.05, 3.63) is 58.5 Å². The van der Waals surface area contributed by atoms with Crippen LogP contribution in [0.25, 0.3) is 10.9 Å². The van der Waals surface area contributed by atoms with E-state index in [0.29, 0.717) is 5.69 Å². The van der Waals surface area contributed by atoms with E-state index < -0.39 is 0 Å². The molecule has 1 amide bonds. The van der Waals surface area contributed by atoms with Gasteiger partial charge in [0.25, 0.3) is 5.91 Å². The van der Waals surface area contributed by atoms with Crippen LogP contribution in [0.1, 0.15) is 29.1 Å². The van der Waals surface area contributed by atoms with Crippen molar-refractivity contribution in [1.82, 2.24) is 14.5 Å². The van der Waals surface area contributed by atoms with Crippen molar-refractivity contribution in [3.8, 4) is 0 Å². The molecule has 5 heteroatoms. The summed E-state index contributed by atoms with van der Waals surface area (Å²) in [4.78, 5) is 18.2. The molecule has 0 saturated carbocycles. The number of hydrogen-bond donors (Lipinski definition) is 1. The fourth-order valence-electron chi connectivity index (χ4n) is 3.26. The number of aromatic nitrogens is 2. The number of aromatic amines is 1. The largest absolute Gasteiger partial charge is 0.350 e. The van der Waals surface area contributed by atoms with Crippen molar-refractivity contribution < 1.29 is 4.79 Å². The predicted octanol–water partition coefficient (Wildman–Crippen LogP) is 3.95. The van der Waals surface area contributed by atoms with E-state index in [9.17, 15) is 4.79 Å². The van der Waals surface area contributed by atoms with Crippen LogP contribution in [-0.2, 0) is 6.54 Å². The number of carbonyl (C=O) groups is 1. The number of para-hydroxylation sites is 1. The molecule has 4 rings (SSSR count). The lowest BCUT2D eigenvalue weighted by molar-refractivity contribution is 0.0638. The van der Waals surface area contributed by atoms with E-state index >= 15 is 0 Å². The molecule has 0 radical (unpaired) electrons. The van der Waals surface area contributed by atoms with Gasteiger partial charge in [-0.25, -0.2) is 0 Å². The summed E-state index contributed by atoms with van der Waals surface area (Å²) in [7, 11) is 0. The normalized spacial score (nSPS) is 17.7. The Hall–Kier alpha value is -2.01. The number of amides is 1. The van der Waals surface area contributed by atoms with Crippen molar-refractivity contribution in [3.63, 3.8) is 0 Å². The summed E-state index contributed by atoms with van der Waals surface area (Å²) < 4.78 is 3.07. The van der Waals surface area contributed by atoms with Crippen LogP contribution >= 0.6 is 15.9 Å². The van der Waals surface area contributed by atoms with Crippen molar-refractivity contribution in [2.45, 2.75) is 19.5 Å². The van der Waals surface area contributed by atoms with Gasteiger partial charge in [-0.15, -0.1) is 0 Å². The van der Waals surface area contributed by atoms with E-state index in [-0.39, 0.29) is 11.9 Å². The summed E-state index contributed by atoms with van der Waals surface area (Å²) in [6.45, 7) is 3.65. The molecule has 3 aromatic rings. The number of rotatable bonds is 1. The van der Waals surface area contributed by atoms with Crippen molar-refractivity contribution in [2.24, 2.45) is 0 Å². The van der Waals surface area contributed by atoms with Gasteiger partial charge < -0.3 is 14.5 Å². The fraction of sp³-hybridized carbons (Fsp3) is 0.235. The number of carbonyl (C=O) groups excluding carboxylic acids is 1. The van der Waals surface area contributed by atoms with E-state index in [1.54, 1.807) is 0 Å². The molecular weight excluding hydrogens is 342 g/mol. The maximum Gasteiger partial charge on any atom is 0.272 e. The molecule has 1 atom stereocenters. The first-order valence-electron chi connectivity index (χ1n) is 7.39. The highest BCUT2D eigenvalue weighted by molar-refractivity contribution is 9.10. The van der Waals surface area contributed by atoms with Crippen LogP contribution in [0, 0.1) is 0 Å². The molecule has 22 heavy (non-hydrogen) atoms. The average molecular weight is 358 g/mol. The molecule has 1 aromatic carbocycles. The second kappa shape index (κ2) is 5.02. The Balaban J connectivity index is 1.74. The molecule has 0 saturated heterocycles. The monoisotopic (exact) mass is 357 g/mol. The van der Waals surface area contributed by atoms with Crippen LogP contribution in [0.3, 0.4) is 0 Å². The lowest BCUT2D eigenvalue weighted by Gasteiger charge is -2.34. The first kappa shape index (κ1) is 13.6. The van der Waals surface area contributed by atoms with Gasteiger partial charge in [0.2, 0.25) is 0 Å². The van der Waals surface area contributed by atoms with Gasteiger partial charge >= 0.3 is 0 Å². The Morgan fingerprint density at radius 3 is 2.86 bits per heavy atom. The lowest BCUT2D eigenvalue weighted by Crippen LogP contribution is -2.40. The second-order valence-electron chi connectivity index (χ2n) is 5.66. The van der Waals surface area contributed by atoms with Crippen LogP contribution in [-0.4, -0.2) is 26.9 Å². The zero-order chi connectivity index (χ0) is 15.3. The van der Waals surface area contributed by atoms with E-state index in [1.165, 1.54) is 5.69 Å². The van der Waals surface area contributed by atoms with Gasteiger partial charge in [0.15, 0.2) is 0 Å². The molecular formula is C17H16BrN3O. The number of nitrogens with zero attached hydrogens (tertiary/aromatic N) is 2. The molecule has 4 nitrogen and oxygen atoms in total. The summed E-state index contributed by atoms with van der Waals surface area (Å²) in [5.74, 6) is 0.0445. The van der Waals surface area contributed by atoms with Crippen LogP contribution in [0.2, 0.25) is 0 Å². The number of fused-ring (bicyclic) bond motifs is 2. The molecule has 3 heterocycles. The van der Waals surface area contributed by atoms with Gasteiger partial charge in [-0.2, -0.15) is 0 Å². The van der Waals surface area contributed by atoms with Gasteiger partial charge in [0.1, 0.15) is 5.69 Å². The van der Waals surface area contributed by atoms with Gasteiger partial charge in [-0.3, -0.25) is 4.79 Å². The van der Waals surface area contributed by atoms with E-state index in [2.05, 4.69) is 44.7 Å². The van der Waals surface area contributed by atoms with Crippen LogP contribution < -0.4 is 0 Å². The zero-order valence-electron chi connectivity index (χ0n) is 12.2.